The van der Waals surface area contributed by atoms with Crippen LogP contribution in [0.15, 0.2) is 18.2 Å². The van der Waals surface area contributed by atoms with Crippen LogP contribution >= 0.6 is 11.8 Å². The number of benzene rings is 1. The van der Waals surface area contributed by atoms with E-state index in [0.29, 0.717) is 12.2 Å². The zero-order valence-electron chi connectivity index (χ0n) is 24.1. The van der Waals surface area contributed by atoms with Gasteiger partial charge in [-0.3, -0.25) is 14.4 Å². The Morgan fingerprint density at radius 3 is 2.39 bits per heavy atom. The lowest BCUT2D eigenvalue weighted by Gasteiger charge is -2.30. The number of hydrogen-bond donors (Lipinski definition) is 1. The Morgan fingerprint density at radius 1 is 1.05 bits per heavy atom. The average molecular weight is 545 g/mol. The molecule has 0 saturated heterocycles. The number of esters is 1. The van der Waals surface area contributed by atoms with Gasteiger partial charge >= 0.3 is 5.97 Å². The van der Waals surface area contributed by atoms with E-state index in [1.165, 1.54) is 42.2 Å². The van der Waals surface area contributed by atoms with Crippen molar-refractivity contribution in [3.63, 3.8) is 0 Å². The fourth-order valence-corrected chi connectivity index (χ4v) is 6.13. The summed E-state index contributed by atoms with van der Waals surface area (Å²) in [5.41, 5.74) is 3.13. The average Bonchev–Trinajstić information content (AvgIpc) is 3.06. The smallest absolute Gasteiger partial charge is 0.316 e. The molecule has 212 valence electrons. The second kappa shape index (κ2) is 14.5. The Bertz CT molecular complexity index is 948. The second-order valence-electron chi connectivity index (χ2n) is 12.3. The molecule has 1 saturated carbocycles. The van der Waals surface area contributed by atoms with E-state index in [9.17, 15) is 14.4 Å². The summed E-state index contributed by atoms with van der Waals surface area (Å²) in [6, 6.07) is 6.60. The van der Waals surface area contributed by atoms with Gasteiger partial charge in [-0.1, -0.05) is 26.0 Å². The Hall–Kier alpha value is -1.86. The third-order valence-corrected chi connectivity index (χ3v) is 8.52. The number of thioether (sulfide) groups is 1. The summed E-state index contributed by atoms with van der Waals surface area (Å²) in [4.78, 5) is 39.1. The molecule has 1 N–H and O–H groups in total. The molecule has 7 heteroatoms. The lowest BCUT2D eigenvalue weighted by molar-refractivity contribution is -0.151. The van der Waals surface area contributed by atoms with Crippen LogP contribution in [0.2, 0.25) is 0 Å². The molecule has 0 atom stereocenters. The third kappa shape index (κ3) is 10.4. The van der Waals surface area contributed by atoms with E-state index in [1.807, 2.05) is 40.7 Å². The van der Waals surface area contributed by atoms with Crippen LogP contribution in [0, 0.1) is 11.8 Å². The number of rotatable bonds is 11. The van der Waals surface area contributed by atoms with Crippen molar-refractivity contribution in [2.45, 2.75) is 97.6 Å². The van der Waals surface area contributed by atoms with Crippen molar-refractivity contribution < 1.29 is 19.1 Å². The molecule has 6 nitrogen and oxygen atoms in total. The maximum Gasteiger partial charge on any atom is 0.316 e. The first-order valence-electron chi connectivity index (χ1n) is 14.5. The second-order valence-corrected chi connectivity index (χ2v) is 13.4. The summed E-state index contributed by atoms with van der Waals surface area (Å²) in [7, 11) is 0. The van der Waals surface area contributed by atoms with Gasteiger partial charge in [-0.2, -0.15) is 0 Å². The van der Waals surface area contributed by atoms with Crippen LogP contribution in [0.5, 0.6) is 0 Å². The number of nitrogens with zero attached hydrogens (tertiary/aromatic N) is 1. The number of ketones is 1. The van der Waals surface area contributed by atoms with E-state index in [0.717, 1.165) is 56.8 Å². The zero-order valence-corrected chi connectivity index (χ0v) is 25.0. The van der Waals surface area contributed by atoms with Crippen molar-refractivity contribution in [3.8, 4) is 0 Å². The van der Waals surface area contributed by atoms with Crippen LogP contribution in [0.4, 0.5) is 0 Å². The third-order valence-electron chi connectivity index (χ3n) is 7.59. The molecule has 0 bridgehead atoms. The molecule has 38 heavy (non-hydrogen) atoms. The molecule has 0 spiro atoms. The summed E-state index contributed by atoms with van der Waals surface area (Å²) in [6.07, 6.45) is 8.19. The van der Waals surface area contributed by atoms with Gasteiger partial charge in [-0.05, 0) is 95.4 Å². The lowest BCUT2D eigenvalue weighted by Crippen LogP contribution is -2.38. The van der Waals surface area contributed by atoms with Crippen molar-refractivity contribution in [2.75, 3.05) is 31.1 Å². The van der Waals surface area contributed by atoms with Gasteiger partial charge in [0.05, 0.1) is 5.75 Å². The molecule has 1 amide bonds. The van der Waals surface area contributed by atoms with Crippen LogP contribution in [0.25, 0.3) is 0 Å². The molecule has 1 aromatic rings. The molecule has 3 rings (SSSR count). The number of carbonyl (C=O) groups excluding carboxylic acids is 3. The van der Waals surface area contributed by atoms with E-state index in [-0.39, 0.29) is 35.4 Å². The largest absolute Gasteiger partial charge is 0.459 e. The van der Waals surface area contributed by atoms with Gasteiger partial charge in [0.25, 0.3) is 0 Å². The van der Waals surface area contributed by atoms with Gasteiger partial charge in [-0.25, -0.2) is 0 Å². The summed E-state index contributed by atoms with van der Waals surface area (Å²) in [5, 5.41) is 3.21. The standard InChI is InChI=1S/C31H48N2O4S/c1-22(2)30(36)26-9-8-24-13-17-33(18-14-25(24)20-26)16-12-23-6-10-27(11-7-23)32-28(34)15-19-38-21-29(35)37-31(3,4)5/h8-9,20,22-23,27H,6-7,10-19,21H2,1-5H3,(H,32,34). The molecule has 0 unspecified atom stereocenters. The van der Waals surface area contributed by atoms with Gasteiger partial charge < -0.3 is 15.0 Å². The highest BCUT2D eigenvalue weighted by Crippen LogP contribution is 2.28. The van der Waals surface area contributed by atoms with Crippen LogP contribution in [-0.2, 0) is 27.2 Å². The quantitative estimate of drug-likeness (QED) is 0.227. The summed E-state index contributed by atoms with van der Waals surface area (Å²) < 4.78 is 5.30. The van der Waals surface area contributed by atoms with Gasteiger partial charge in [0, 0.05) is 42.8 Å². The van der Waals surface area contributed by atoms with Crippen LogP contribution < -0.4 is 5.32 Å². The summed E-state index contributed by atoms with van der Waals surface area (Å²) in [5.74, 6) is 1.79. The van der Waals surface area contributed by atoms with Crippen molar-refractivity contribution in [3.05, 3.63) is 34.9 Å². The topological polar surface area (TPSA) is 75.7 Å². The van der Waals surface area contributed by atoms with E-state index in [1.54, 1.807) is 0 Å². The number of ether oxygens (including phenoxy) is 1. The highest BCUT2D eigenvalue weighted by molar-refractivity contribution is 7.99. The number of nitrogens with one attached hydrogen (secondary N) is 1. The molecule has 0 radical (unpaired) electrons. The first kappa shape index (κ1) is 30.7. The van der Waals surface area contributed by atoms with Crippen LogP contribution in [-0.4, -0.2) is 65.3 Å². The molecular formula is C31H48N2O4S. The Kier molecular flexibility index (Phi) is 11.7. The molecule has 1 aromatic carbocycles. The highest BCUT2D eigenvalue weighted by Gasteiger charge is 2.24. The Morgan fingerprint density at radius 2 is 1.74 bits per heavy atom. The van der Waals surface area contributed by atoms with Crippen molar-refractivity contribution in [1.82, 2.24) is 10.2 Å². The van der Waals surface area contributed by atoms with E-state index in [4.69, 9.17) is 4.74 Å². The molecule has 1 fully saturated rings. The minimum Gasteiger partial charge on any atom is -0.459 e. The van der Waals surface area contributed by atoms with Crippen molar-refractivity contribution in [1.29, 1.82) is 0 Å². The summed E-state index contributed by atoms with van der Waals surface area (Å²) in [6.45, 7) is 12.8. The molecule has 1 aliphatic heterocycles. The maximum absolute atomic E-state index is 12.4. The summed E-state index contributed by atoms with van der Waals surface area (Å²) >= 11 is 1.46. The van der Waals surface area contributed by atoms with Gasteiger partial charge in [0.2, 0.25) is 5.91 Å². The fourth-order valence-electron chi connectivity index (χ4n) is 5.43. The highest BCUT2D eigenvalue weighted by atomic mass is 32.2. The van der Waals surface area contributed by atoms with Gasteiger partial charge in [-0.15, -0.1) is 11.8 Å². The molecule has 1 heterocycles. The predicted octanol–water partition coefficient (Wildman–Crippen LogP) is 5.46. The van der Waals surface area contributed by atoms with Crippen LogP contribution in [0.1, 0.15) is 94.6 Å². The first-order valence-corrected chi connectivity index (χ1v) is 15.6. The van der Waals surface area contributed by atoms with Crippen molar-refractivity contribution >= 4 is 29.4 Å². The zero-order chi connectivity index (χ0) is 27.7. The predicted molar refractivity (Wildman–Crippen MR) is 156 cm³/mol. The van der Waals surface area contributed by atoms with Crippen molar-refractivity contribution in [2.24, 2.45) is 11.8 Å². The molecule has 2 aliphatic rings. The number of hydrogen-bond acceptors (Lipinski definition) is 6. The maximum atomic E-state index is 12.4. The number of fused-ring (bicyclic) bond motifs is 1. The fraction of sp³-hybridized carbons (Fsp3) is 0.710. The monoisotopic (exact) mass is 544 g/mol. The van der Waals surface area contributed by atoms with E-state index in [2.05, 4.69) is 22.3 Å². The molecule has 0 aromatic heterocycles. The lowest BCUT2D eigenvalue weighted by atomic mass is 9.84. The minimum atomic E-state index is -0.465. The molecular weight excluding hydrogens is 496 g/mol. The normalized spacial score (nSPS) is 20.5. The Labute approximate surface area is 234 Å². The van der Waals surface area contributed by atoms with Gasteiger partial charge in [0.1, 0.15) is 5.60 Å². The SMILES string of the molecule is CC(C)C(=O)c1ccc2c(c1)CCN(CCC1CCC(NC(=O)CCSCC(=O)OC(C)(C)C)CC1)CC2. The minimum absolute atomic E-state index is 0.0357. The number of amides is 1. The first-order chi connectivity index (χ1) is 18.0. The molecule has 1 aliphatic carbocycles. The number of carbonyl (C=O) groups is 3. The van der Waals surface area contributed by atoms with Gasteiger partial charge in [0.15, 0.2) is 5.78 Å². The van der Waals surface area contributed by atoms with Crippen LogP contribution in [0.3, 0.4) is 0 Å². The van der Waals surface area contributed by atoms with E-state index >= 15 is 0 Å². The number of Topliss-reactive ketones (excluding diaryl/α,β-unsaturated/α-hetero) is 1. The van der Waals surface area contributed by atoms with E-state index < -0.39 is 5.60 Å². The Balaban J connectivity index is 1.30.